The average Bonchev–Trinajstić information content (AvgIpc) is 3.76. The van der Waals surface area contributed by atoms with Crippen LogP contribution in [0, 0.1) is 0 Å². The lowest BCUT2D eigenvalue weighted by Crippen LogP contribution is -1.98. The fraction of sp³-hybridized carbons (Fsp3) is 0. The van der Waals surface area contributed by atoms with Crippen molar-refractivity contribution in [1.82, 2.24) is 19.7 Å². The second kappa shape index (κ2) is 15.5. The van der Waals surface area contributed by atoms with Crippen LogP contribution in [0.25, 0.3) is 106 Å². The van der Waals surface area contributed by atoms with Crippen LogP contribution in [-0.4, -0.2) is 19.7 Å². The van der Waals surface area contributed by atoms with Gasteiger partial charge in [-0.05, 0) is 69.1 Å². The van der Waals surface area contributed by atoms with Crippen LogP contribution in [0.2, 0.25) is 0 Å². The van der Waals surface area contributed by atoms with Crippen molar-refractivity contribution in [2.75, 3.05) is 0 Å². The van der Waals surface area contributed by atoms with E-state index in [9.17, 15) is 0 Å². The molecule has 61 heavy (non-hydrogen) atoms. The number of fused-ring (bicyclic) bond motifs is 3. The Balaban J connectivity index is 1.11. The van der Waals surface area contributed by atoms with E-state index >= 15 is 0 Å². The third kappa shape index (κ3) is 6.86. The predicted molar refractivity (Wildman–Crippen MR) is 252 cm³/mol. The molecule has 0 saturated heterocycles. The van der Waals surface area contributed by atoms with Gasteiger partial charge in [-0.25, -0.2) is 14.6 Å². The molecule has 0 unspecified atom stereocenters. The van der Waals surface area contributed by atoms with Gasteiger partial charge >= 0.3 is 0 Å². The lowest BCUT2D eigenvalue weighted by molar-refractivity contribution is 0.918. The Bertz CT molecular complexity index is 3190. The van der Waals surface area contributed by atoms with Crippen molar-refractivity contribution in [1.29, 1.82) is 0 Å². The minimum Gasteiger partial charge on any atom is -0.232 e. The fourth-order valence-electron chi connectivity index (χ4n) is 8.38. The fourth-order valence-corrected chi connectivity index (χ4v) is 8.38. The van der Waals surface area contributed by atoms with E-state index in [1.807, 2.05) is 18.2 Å². The summed E-state index contributed by atoms with van der Waals surface area (Å²) in [6.45, 7) is 0. The Morgan fingerprint density at radius 3 is 1.34 bits per heavy atom. The van der Waals surface area contributed by atoms with Gasteiger partial charge in [-0.2, -0.15) is 5.10 Å². The van der Waals surface area contributed by atoms with Gasteiger partial charge in [0, 0.05) is 33.0 Å². The molecular formula is C57H38N4. The summed E-state index contributed by atoms with van der Waals surface area (Å²) in [5, 5.41) is 8.71. The molecule has 0 aliphatic heterocycles. The monoisotopic (exact) mass is 778 g/mol. The van der Waals surface area contributed by atoms with Crippen LogP contribution in [-0.2, 0) is 0 Å². The standard InChI is InChI=1S/C57H38N4/c1-6-16-39(17-7-1)41-26-30-44(31-27-41)52-38-53(59-57(58-52)46-32-28-42(29-33-46)40-18-8-2-9-19-40)47-34-35-50-48(36-47)37-51(43-20-10-3-11-21-43)54-55(45-22-12-4-13-23-45)60-61(56(50)54)49-24-14-5-15-25-49/h1-38H. The van der Waals surface area contributed by atoms with Crippen LogP contribution in [0.5, 0.6) is 0 Å². The van der Waals surface area contributed by atoms with Crippen LogP contribution >= 0.6 is 0 Å². The Kier molecular flexibility index (Phi) is 9.14. The first-order valence-corrected chi connectivity index (χ1v) is 20.6. The van der Waals surface area contributed by atoms with Crippen molar-refractivity contribution in [2.24, 2.45) is 0 Å². The maximum absolute atomic E-state index is 5.38. The normalized spacial score (nSPS) is 11.3. The van der Waals surface area contributed by atoms with Gasteiger partial charge in [0.15, 0.2) is 5.82 Å². The number of hydrogen-bond donors (Lipinski definition) is 0. The van der Waals surface area contributed by atoms with Gasteiger partial charge in [0.25, 0.3) is 0 Å². The second-order valence-corrected chi connectivity index (χ2v) is 15.3. The van der Waals surface area contributed by atoms with Crippen LogP contribution in [0.3, 0.4) is 0 Å². The van der Waals surface area contributed by atoms with E-state index in [4.69, 9.17) is 15.1 Å². The Labute approximate surface area is 354 Å². The maximum atomic E-state index is 5.38. The van der Waals surface area contributed by atoms with Crippen molar-refractivity contribution < 1.29 is 0 Å². The number of aromatic nitrogens is 4. The number of nitrogens with zero attached hydrogens (tertiary/aromatic N) is 4. The SMILES string of the molecule is c1ccc(-c2ccc(-c3cc(-c4ccc5c(c4)cc(-c4ccccc4)c4c(-c6ccccc6)nn(-c6ccccc6)c45)nc(-c4ccc(-c5ccccc5)cc4)n3)cc2)cc1. The third-order valence-corrected chi connectivity index (χ3v) is 11.5. The molecule has 0 N–H and O–H groups in total. The highest BCUT2D eigenvalue weighted by Crippen LogP contribution is 2.43. The largest absolute Gasteiger partial charge is 0.232 e. The van der Waals surface area contributed by atoms with Crippen LogP contribution in [0.1, 0.15) is 0 Å². The molecule has 0 fully saturated rings. The summed E-state index contributed by atoms with van der Waals surface area (Å²) in [6.07, 6.45) is 0. The number of rotatable bonds is 8. The first-order valence-electron chi connectivity index (χ1n) is 20.6. The molecule has 11 aromatic rings. The van der Waals surface area contributed by atoms with Crippen LogP contribution in [0.4, 0.5) is 0 Å². The molecule has 0 bridgehead atoms. The zero-order chi connectivity index (χ0) is 40.5. The topological polar surface area (TPSA) is 43.6 Å². The zero-order valence-electron chi connectivity index (χ0n) is 33.2. The summed E-state index contributed by atoms with van der Waals surface area (Å²) >= 11 is 0. The Hall–Kier alpha value is -8.21. The van der Waals surface area contributed by atoms with E-state index in [0.29, 0.717) is 5.82 Å². The lowest BCUT2D eigenvalue weighted by Gasteiger charge is -2.13. The summed E-state index contributed by atoms with van der Waals surface area (Å²) in [5.41, 5.74) is 15.7. The van der Waals surface area contributed by atoms with Gasteiger partial charge in [0.1, 0.15) is 5.69 Å². The van der Waals surface area contributed by atoms with Gasteiger partial charge < -0.3 is 0 Å². The zero-order valence-corrected chi connectivity index (χ0v) is 33.2. The van der Waals surface area contributed by atoms with Crippen molar-refractivity contribution >= 4 is 21.7 Å². The molecule has 0 aliphatic carbocycles. The maximum Gasteiger partial charge on any atom is 0.160 e. The first kappa shape index (κ1) is 35.9. The van der Waals surface area contributed by atoms with E-state index < -0.39 is 0 Å². The molecule has 9 aromatic carbocycles. The second-order valence-electron chi connectivity index (χ2n) is 15.3. The van der Waals surface area contributed by atoms with Crippen molar-refractivity contribution in [3.8, 4) is 84.2 Å². The Morgan fingerprint density at radius 1 is 0.328 bits per heavy atom. The molecule has 4 heteroatoms. The highest BCUT2D eigenvalue weighted by molar-refractivity contribution is 6.17. The van der Waals surface area contributed by atoms with E-state index in [2.05, 4.69) is 217 Å². The van der Waals surface area contributed by atoms with Gasteiger partial charge in [0.05, 0.1) is 22.6 Å². The smallest absolute Gasteiger partial charge is 0.160 e. The third-order valence-electron chi connectivity index (χ3n) is 11.5. The van der Waals surface area contributed by atoms with Crippen molar-refractivity contribution in [3.63, 3.8) is 0 Å². The van der Waals surface area contributed by atoms with Crippen LogP contribution < -0.4 is 0 Å². The van der Waals surface area contributed by atoms with Gasteiger partial charge in [-0.3, -0.25) is 0 Å². The summed E-state index contributed by atoms with van der Waals surface area (Å²) in [4.78, 5) is 10.5. The summed E-state index contributed by atoms with van der Waals surface area (Å²) in [5.74, 6) is 0.675. The average molecular weight is 779 g/mol. The molecule has 0 amide bonds. The minimum atomic E-state index is 0.675. The minimum absolute atomic E-state index is 0.675. The van der Waals surface area contributed by atoms with E-state index in [-0.39, 0.29) is 0 Å². The summed E-state index contributed by atoms with van der Waals surface area (Å²) in [7, 11) is 0. The molecule has 11 rings (SSSR count). The molecule has 4 nitrogen and oxygen atoms in total. The van der Waals surface area contributed by atoms with Gasteiger partial charge in [0.2, 0.25) is 0 Å². The van der Waals surface area contributed by atoms with E-state index in [1.54, 1.807) is 0 Å². The van der Waals surface area contributed by atoms with Crippen LogP contribution in [0.15, 0.2) is 231 Å². The number of benzene rings is 9. The highest BCUT2D eigenvalue weighted by Gasteiger charge is 2.22. The summed E-state index contributed by atoms with van der Waals surface area (Å²) in [6, 6.07) is 80.9. The Morgan fingerprint density at radius 2 is 0.770 bits per heavy atom. The molecule has 0 radical (unpaired) electrons. The van der Waals surface area contributed by atoms with Gasteiger partial charge in [-0.1, -0.05) is 200 Å². The molecular weight excluding hydrogens is 741 g/mol. The number of hydrogen-bond acceptors (Lipinski definition) is 3. The van der Waals surface area contributed by atoms with E-state index in [0.717, 1.165) is 89.0 Å². The van der Waals surface area contributed by atoms with Gasteiger partial charge in [-0.15, -0.1) is 0 Å². The molecule has 0 spiro atoms. The highest BCUT2D eigenvalue weighted by atomic mass is 15.3. The molecule has 0 saturated carbocycles. The molecule has 0 aliphatic rings. The first-order chi connectivity index (χ1) is 30.2. The van der Waals surface area contributed by atoms with Crippen molar-refractivity contribution in [2.45, 2.75) is 0 Å². The molecule has 2 heterocycles. The molecule has 0 atom stereocenters. The lowest BCUT2D eigenvalue weighted by atomic mass is 9.92. The summed E-state index contributed by atoms with van der Waals surface area (Å²) < 4.78 is 2.12. The molecule has 286 valence electrons. The predicted octanol–water partition coefficient (Wildman–Crippen LogP) is 14.6. The van der Waals surface area contributed by atoms with E-state index in [1.165, 1.54) is 11.1 Å². The van der Waals surface area contributed by atoms with Crippen molar-refractivity contribution in [3.05, 3.63) is 231 Å². The molecule has 2 aromatic heterocycles. The quantitative estimate of drug-likeness (QED) is 0.154. The number of para-hydroxylation sites is 1.